The first kappa shape index (κ1) is 17.0. The van der Waals surface area contributed by atoms with Crippen LogP contribution in [0.3, 0.4) is 0 Å². The van der Waals surface area contributed by atoms with Crippen LogP contribution < -0.4 is 10.1 Å². The van der Waals surface area contributed by atoms with Crippen molar-refractivity contribution in [3.63, 3.8) is 0 Å². The molecule has 0 saturated carbocycles. The smallest absolute Gasteiger partial charge is 0.122 e. The zero-order chi connectivity index (χ0) is 14.6. The van der Waals surface area contributed by atoms with Crippen molar-refractivity contribution in [1.29, 1.82) is 0 Å². The molecule has 1 aromatic rings. The van der Waals surface area contributed by atoms with Crippen molar-refractivity contribution in [3.05, 3.63) is 29.8 Å². The molecule has 1 unspecified atom stereocenters. The molecule has 0 aliphatic carbocycles. The van der Waals surface area contributed by atoms with Gasteiger partial charge in [-0.15, -0.1) is 0 Å². The van der Waals surface area contributed by atoms with Crippen molar-refractivity contribution in [1.82, 2.24) is 5.32 Å². The van der Waals surface area contributed by atoms with Gasteiger partial charge in [-0.3, -0.25) is 0 Å². The lowest BCUT2D eigenvalue weighted by Gasteiger charge is -2.14. The molecule has 1 rings (SSSR count). The summed E-state index contributed by atoms with van der Waals surface area (Å²) in [6.07, 6.45) is 3.64. The highest BCUT2D eigenvalue weighted by Gasteiger charge is 2.05. The number of benzene rings is 1. The van der Waals surface area contributed by atoms with Crippen LogP contribution in [0, 0.1) is 6.92 Å². The molecule has 0 aliphatic heterocycles. The molecule has 4 heteroatoms. The number of aliphatic hydroxyl groups is 2. The number of para-hydroxylation sites is 1. The van der Waals surface area contributed by atoms with Gasteiger partial charge in [-0.25, -0.2) is 0 Å². The Balaban J connectivity index is 2.03. The lowest BCUT2D eigenvalue weighted by atomic mass is 10.2. The maximum Gasteiger partial charge on any atom is 0.122 e. The van der Waals surface area contributed by atoms with Crippen LogP contribution >= 0.6 is 0 Å². The minimum absolute atomic E-state index is 0.280. The average Bonchev–Trinajstić information content (AvgIpc) is 2.45. The third kappa shape index (κ3) is 7.48. The molecule has 1 atom stereocenters. The fourth-order valence-corrected chi connectivity index (χ4v) is 1.95. The quantitative estimate of drug-likeness (QED) is 0.542. The number of unbranched alkanes of at least 4 members (excludes halogenated alkanes) is 3. The predicted molar refractivity (Wildman–Crippen MR) is 81.1 cm³/mol. The molecule has 0 spiro atoms. The lowest BCUT2D eigenvalue weighted by Crippen LogP contribution is -2.32. The van der Waals surface area contributed by atoms with E-state index in [2.05, 4.69) is 5.32 Å². The molecule has 20 heavy (non-hydrogen) atoms. The molecular formula is C16H27NO3. The first-order valence-corrected chi connectivity index (χ1v) is 7.42. The summed E-state index contributed by atoms with van der Waals surface area (Å²) in [5.41, 5.74) is 1.08. The molecule has 0 radical (unpaired) electrons. The topological polar surface area (TPSA) is 61.7 Å². The van der Waals surface area contributed by atoms with Crippen LogP contribution in [0.2, 0.25) is 0 Å². The fourth-order valence-electron chi connectivity index (χ4n) is 1.95. The standard InChI is InChI=1S/C16H27NO3/c1-14-8-4-5-9-16(14)20-13-15(19)12-17-10-6-2-3-7-11-18/h4-5,8-9,15,17-19H,2-3,6-7,10-13H2,1H3. The molecule has 1 aromatic carbocycles. The van der Waals surface area contributed by atoms with Gasteiger partial charge < -0.3 is 20.3 Å². The highest BCUT2D eigenvalue weighted by atomic mass is 16.5. The van der Waals surface area contributed by atoms with E-state index in [0.717, 1.165) is 43.5 Å². The summed E-state index contributed by atoms with van der Waals surface area (Å²) >= 11 is 0. The van der Waals surface area contributed by atoms with Crippen LogP contribution in [0.5, 0.6) is 5.75 Å². The molecule has 0 aliphatic rings. The van der Waals surface area contributed by atoms with Crippen molar-refractivity contribution in [3.8, 4) is 5.75 Å². The molecule has 114 valence electrons. The molecule has 0 saturated heterocycles. The number of aryl methyl sites for hydroxylation is 1. The Labute approximate surface area is 121 Å². The predicted octanol–water partition coefficient (Wildman–Crippen LogP) is 1.88. The first-order valence-electron chi connectivity index (χ1n) is 7.42. The van der Waals surface area contributed by atoms with Gasteiger partial charge in [0, 0.05) is 13.2 Å². The Hall–Kier alpha value is -1.10. The highest BCUT2D eigenvalue weighted by Crippen LogP contribution is 2.16. The van der Waals surface area contributed by atoms with Gasteiger partial charge in [-0.1, -0.05) is 31.0 Å². The summed E-state index contributed by atoms with van der Waals surface area (Å²) in [4.78, 5) is 0. The van der Waals surface area contributed by atoms with Gasteiger partial charge in [-0.05, 0) is 37.9 Å². The average molecular weight is 281 g/mol. The van der Waals surface area contributed by atoms with Gasteiger partial charge >= 0.3 is 0 Å². The number of hydrogen-bond acceptors (Lipinski definition) is 4. The fraction of sp³-hybridized carbons (Fsp3) is 0.625. The Morgan fingerprint density at radius 1 is 1.15 bits per heavy atom. The largest absolute Gasteiger partial charge is 0.491 e. The molecule has 0 aromatic heterocycles. The van der Waals surface area contributed by atoms with Gasteiger partial charge in [-0.2, -0.15) is 0 Å². The van der Waals surface area contributed by atoms with Crippen molar-refractivity contribution < 1.29 is 14.9 Å². The van der Waals surface area contributed by atoms with Crippen LogP contribution in [-0.2, 0) is 0 Å². The SMILES string of the molecule is Cc1ccccc1OCC(O)CNCCCCCCO. The maximum atomic E-state index is 9.82. The van der Waals surface area contributed by atoms with E-state index < -0.39 is 6.10 Å². The van der Waals surface area contributed by atoms with Crippen LogP contribution in [0.15, 0.2) is 24.3 Å². The minimum atomic E-state index is -0.493. The third-order valence-corrected chi connectivity index (χ3v) is 3.17. The van der Waals surface area contributed by atoms with Crippen LogP contribution in [0.25, 0.3) is 0 Å². The molecule has 0 heterocycles. The Morgan fingerprint density at radius 2 is 1.90 bits per heavy atom. The van der Waals surface area contributed by atoms with E-state index in [9.17, 15) is 5.11 Å². The lowest BCUT2D eigenvalue weighted by molar-refractivity contribution is 0.106. The molecule has 0 bridgehead atoms. The second-order valence-electron chi connectivity index (χ2n) is 5.07. The summed E-state index contributed by atoms with van der Waals surface area (Å²) in [5, 5.41) is 21.7. The van der Waals surface area contributed by atoms with E-state index in [0.29, 0.717) is 13.2 Å². The number of hydrogen-bond donors (Lipinski definition) is 3. The van der Waals surface area contributed by atoms with Crippen molar-refractivity contribution >= 4 is 0 Å². The van der Waals surface area contributed by atoms with Gasteiger partial charge in [0.25, 0.3) is 0 Å². The summed E-state index contributed by atoms with van der Waals surface area (Å²) < 4.78 is 5.59. The van der Waals surface area contributed by atoms with Gasteiger partial charge in [0.2, 0.25) is 0 Å². The molecular weight excluding hydrogens is 254 g/mol. The Morgan fingerprint density at radius 3 is 2.65 bits per heavy atom. The Kier molecular flexibility index (Phi) is 9.04. The summed E-state index contributed by atoms with van der Waals surface area (Å²) in [7, 11) is 0. The normalized spacial score (nSPS) is 12.3. The van der Waals surface area contributed by atoms with E-state index >= 15 is 0 Å². The number of aliphatic hydroxyl groups excluding tert-OH is 2. The number of rotatable bonds is 11. The van der Waals surface area contributed by atoms with Crippen LogP contribution in [0.4, 0.5) is 0 Å². The van der Waals surface area contributed by atoms with Crippen molar-refractivity contribution in [2.75, 3.05) is 26.3 Å². The maximum absolute atomic E-state index is 9.82. The van der Waals surface area contributed by atoms with E-state index in [1.54, 1.807) is 0 Å². The van der Waals surface area contributed by atoms with Crippen LogP contribution in [-0.4, -0.2) is 42.6 Å². The summed E-state index contributed by atoms with van der Waals surface area (Å²) in [6.45, 7) is 4.02. The van der Waals surface area contributed by atoms with E-state index in [1.165, 1.54) is 0 Å². The second kappa shape index (κ2) is 10.7. The van der Waals surface area contributed by atoms with Crippen molar-refractivity contribution in [2.45, 2.75) is 38.7 Å². The van der Waals surface area contributed by atoms with Gasteiger partial charge in [0.15, 0.2) is 0 Å². The summed E-state index contributed by atoms with van der Waals surface area (Å²) in [6, 6.07) is 7.80. The van der Waals surface area contributed by atoms with Gasteiger partial charge in [0.05, 0.1) is 0 Å². The van der Waals surface area contributed by atoms with E-state index in [-0.39, 0.29) is 6.61 Å². The number of ether oxygens (including phenoxy) is 1. The molecule has 0 amide bonds. The monoisotopic (exact) mass is 281 g/mol. The van der Waals surface area contributed by atoms with E-state index in [1.807, 2.05) is 31.2 Å². The van der Waals surface area contributed by atoms with Crippen LogP contribution in [0.1, 0.15) is 31.2 Å². The molecule has 4 nitrogen and oxygen atoms in total. The summed E-state index contributed by atoms with van der Waals surface area (Å²) in [5.74, 6) is 0.829. The second-order valence-corrected chi connectivity index (χ2v) is 5.07. The zero-order valence-corrected chi connectivity index (χ0v) is 12.3. The molecule has 0 fully saturated rings. The minimum Gasteiger partial charge on any atom is -0.491 e. The number of nitrogens with one attached hydrogen (secondary N) is 1. The van der Waals surface area contributed by atoms with Gasteiger partial charge in [0.1, 0.15) is 18.5 Å². The Bertz CT molecular complexity index is 357. The highest BCUT2D eigenvalue weighted by molar-refractivity contribution is 5.31. The molecule has 3 N–H and O–H groups in total. The zero-order valence-electron chi connectivity index (χ0n) is 12.3. The first-order chi connectivity index (χ1) is 9.74. The third-order valence-electron chi connectivity index (χ3n) is 3.17. The van der Waals surface area contributed by atoms with Crippen molar-refractivity contribution in [2.24, 2.45) is 0 Å². The van der Waals surface area contributed by atoms with E-state index in [4.69, 9.17) is 9.84 Å².